The van der Waals surface area contributed by atoms with Crippen LogP contribution in [0.1, 0.15) is 62.7 Å². The van der Waals surface area contributed by atoms with E-state index < -0.39 is 0 Å². The van der Waals surface area contributed by atoms with Gasteiger partial charge in [-0.15, -0.1) is 0 Å². The molecule has 20 heavy (non-hydrogen) atoms. The maximum absolute atomic E-state index is 10.7. The SMILES string of the molecule is CCCCCCC[C@@H](C)Oc1ccc(C=O)cc1OC. The number of rotatable bonds is 10. The number of unbranched alkanes of at least 4 members (excludes halogenated alkanes) is 4. The zero-order chi connectivity index (χ0) is 14.8. The first kappa shape index (κ1) is 16.5. The number of benzene rings is 1. The molecule has 0 bridgehead atoms. The molecule has 3 nitrogen and oxygen atoms in total. The molecule has 1 aromatic carbocycles. The molecule has 1 rings (SSSR count). The Morgan fingerprint density at radius 2 is 1.90 bits per heavy atom. The van der Waals surface area contributed by atoms with Crippen molar-refractivity contribution in [1.29, 1.82) is 0 Å². The summed E-state index contributed by atoms with van der Waals surface area (Å²) in [4.78, 5) is 10.7. The van der Waals surface area contributed by atoms with Gasteiger partial charge in [-0.3, -0.25) is 4.79 Å². The molecule has 0 amide bonds. The van der Waals surface area contributed by atoms with Crippen LogP contribution in [0.2, 0.25) is 0 Å². The molecular formula is C17H26O3. The first-order valence-corrected chi connectivity index (χ1v) is 7.51. The van der Waals surface area contributed by atoms with E-state index in [1.807, 2.05) is 0 Å². The second kappa shape index (κ2) is 9.40. The number of ether oxygens (including phenoxy) is 2. The maximum Gasteiger partial charge on any atom is 0.161 e. The second-order valence-electron chi connectivity index (χ2n) is 5.16. The number of methoxy groups -OCH3 is 1. The summed E-state index contributed by atoms with van der Waals surface area (Å²) in [5.74, 6) is 1.33. The highest BCUT2D eigenvalue weighted by Crippen LogP contribution is 2.29. The lowest BCUT2D eigenvalue weighted by Crippen LogP contribution is -2.12. The summed E-state index contributed by atoms with van der Waals surface area (Å²) < 4.78 is 11.2. The van der Waals surface area contributed by atoms with Crippen molar-refractivity contribution >= 4 is 6.29 Å². The third kappa shape index (κ3) is 5.64. The van der Waals surface area contributed by atoms with E-state index in [2.05, 4.69) is 13.8 Å². The van der Waals surface area contributed by atoms with Gasteiger partial charge < -0.3 is 9.47 Å². The van der Waals surface area contributed by atoms with Crippen molar-refractivity contribution in [2.45, 2.75) is 58.5 Å². The summed E-state index contributed by atoms with van der Waals surface area (Å²) in [6.45, 7) is 4.30. The zero-order valence-corrected chi connectivity index (χ0v) is 12.9. The fourth-order valence-corrected chi connectivity index (χ4v) is 2.17. The van der Waals surface area contributed by atoms with Gasteiger partial charge in [-0.05, 0) is 38.0 Å². The van der Waals surface area contributed by atoms with Crippen LogP contribution < -0.4 is 9.47 Å². The Morgan fingerprint density at radius 1 is 1.15 bits per heavy atom. The van der Waals surface area contributed by atoms with Gasteiger partial charge in [0.2, 0.25) is 0 Å². The molecule has 112 valence electrons. The largest absolute Gasteiger partial charge is 0.493 e. The van der Waals surface area contributed by atoms with Crippen LogP contribution in [0.25, 0.3) is 0 Å². The Labute approximate surface area is 122 Å². The lowest BCUT2D eigenvalue weighted by molar-refractivity contribution is 0.112. The van der Waals surface area contributed by atoms with Crippen molar-refractivity contribution in [2.24, 2.45) is 0 Å². The highest BCUT2D eigenvalue weighted by atomic mass is 16.5. The van der Waals surface area contributed by atoms with Crippen molar-refractivity contribution in [3.63, 3.8) is 0 Å². The average Bonchev–Trinajstić information content (AvgIpc) is 2.47. The minimum Gasteiger partial charge on any atom is -0.493 e. The van der Waals surface area contributed by atoms with Gasteiger partial charge in [0.25, 0.3) is 0 Å². The van der Waals surface area contributed by atoms with Crippen molar-refractivity contribution < 1.29 is 14.3 Å². The summed E-state index contributed by atoms with van der Waals surface area (Å²) >= 11 is 0. The molecule has 0 fully saturated rings. The van der Waals surface area contributed by atoms with E-state index in [9.17, 15) is 4.79 Å². The van der Waals surface area contributed by atoms with Crippen LogP contribution in [0.4, 0.5) is 0 Å². The Hall–Kier alpha value is -1.51. The molecule has 0 spiro atoms. The number of carbonyl (C=O) groups is 1. The summed E-state index contributed by atoms with van der Waals surface area (Å²) in [7, 11) is 1.59. The third-order valence-corrected chi connectivity index (χ3v) is 3.37. The van der Waals surface area contributed by atoms with Gasteiger partial charge in [-0.25, -0.2) is 0 Å². The van der Waals surface area contributed by atoms with Gasteiger partial charge in [0.1, 0.15) is 6.29 Å². The summed E-state index contributed by atoms with van der Waals surface area (Å²) in [5.41, 5.74) is 0.599. The molecule has 3 heteroatoms. The van der Waals surface area contributed by atoms with Gasteiger partial charge in [0.15, 0.2) is 11.5 Å². The third-order valence-electron chi connectivity index (χ3n) is 3.37. The van der Waals surface area contributed by atoms with Gasteiger partial charge in [-0.2, -0.15) is 0 Å². The smallest absolute Gasteiger partial charge is 0.161 e. The first-order chi connectivity index (χ1) is 9.71. The quantitative estimate of drug-likeness (QED) is 0.462. The Bertz CT molecular complexity index is 401. The highest BCUT2D eigenvalue weighted by molar-refractivity contribution is 5.76. The molecule has 0 aliphatic rings. The van der Waals surface area contributed by atoms with E-state index in [0.717, 1.165) is 12.7 Å². The molecule has 0 unspecified atom stereocenters. The first-order valence-electron chi connectivity index (χ1n) is 7.51. The van der Waals surface area contributed by atoms with Gasteiger partial charge in [0.05, 0.1) is 13.2 Å². The molecule has 0 aliphatic heterocycles. The molecule has 0 aliphatic carbocycles. The Kier molecular flexibility index (Phi) is 7.78. The monoisotopic (exact) mass is 278 g/mol. The topological polar surface area (TPSA) is 35.5 Å². The number of aldehydes is 1. The van der Waals surface area contributed by atoms with E-state index in [1.165, 1.54) is 32.1 Å². The fraction of sp³-hybridized carbons (Fsp3) is 0.588. The highest BCUT2D eigenvalue weighted by Gasteiger charge is 2.09. The number of hydrogen-bond acceptors (Lipinski definition) is 3. The molecule has 1 atom stereocenters. The lowest BCUT2D eigenvalue weighted by atomic mass is 10.1. The molecular weight excluding hydrogens is 252 g/mol. The molecule has 0 saturated carbocycles. The van der Waals surface area contributed by atoms with Gasteiger partial charge in [-0.1, -0.05) is 32.6 Å². The van der Waals surface area contributed by atoms with Crippen molar-refractivity contribution in [2.75, 3.05) is 7.11 Å². The molecule has 0 heterocycles. The van der Waals surface area contributed by atoms with Crippen LogP contribution in [0, 0.1) is 0 Å². The minimum atomic E-state index is 0.160. The molecule has 0 saturated heterocycles. The second-order valence-corrected chi connectivity index (χ2v) is 5.16. The van der Waals surface area contributed by atoms with E-state index >= 15 is 0 Å². The predicted octanol–water partition coefficient (Wildman–Crippen LogP) is 4.64. The Morgan fingerprint density at radius 3 is 2.55 bits per heavy atom. The number of hydrogen-bond donors (Lipinski definition) is 0. The maximum atomic E-state index is 10.7. The van der Waals surface area contributed by atoms with Crippen LogP contribution >= 0.6 is 0 Å². The predicted molar refractivity (Wildman–Crippen MR) is 81.8 cm³/mol. The standard InChI is InChI=1S/C17H26O3/c1-4-5-6-7-8-9-14(2)20-16-11-10-15(13-18)12-17(16)19-3/h10-14H,4-9H2,1-3H3/t14-/m1/s1. The van der Waals surface area contributed by atoms with E-state index in [1.54, 1.807) is 25.3 Å². The van der Waals surface area contributed by atoms with E-state index in [0.29, 0.717) is 17.1 Å². The molecule has 0 radical (unpaired) electrons. The van der Waals surface area contributed by atoms with Crippen LogP contribution in [0.5, 0.6) is 11.5 Å². The zero-order valence-electron chi connectivity index (χ0n) is 12.9. The van der Waals surface area contributed by atoms with Gasteiger partial charge >= 0.3 is 0 Å². The van der Waals surface area contributed by atoms with Crippen molar-refractivity contribution in [1.82, 2.24) is 0 Å². The summed E-state index contributed by atoms with van der Waals surface area (Å²) in [6.07, 6.45) is 8.36. The fourth-order valence-electron chi connectivity index (χ4n) is 2.17. The molecule has 1 aromatic rings. The van der Waals surface area contributed by atoms with Gasteiger partial charge in [0, 0.05) is 5.56 Å². The van der Waals surface area contributed by atoms with Crippen LogP contribution in [0.3, 0.4) is 0 Å². The van der Waals surface area contributed by atoms with Crippen LogP contribution in [0.15, 0.2) is 18.2 Å². The van der Waals surface area contributed by atoms with Crippen LogP contribution in [-0.4, -0.2) is 19.5 Å². The van der Waals surface area contributed by atoms with E-state index in [-0.39, 0.29) is 6.10 Å². The normalized spacial score (nSPS) is 11.9. The Balaban J connectivity index is 2.44. The summed E-state index contributed by atoms with van der Waals surface area (Å²) in [6, 6.07) is 5.26. The van der Waals surface area contributed by atoms with E-state index in [4.69, 9.17) is 9.47 Å². The lowest BCUT2D eigenvalue weighted by Gasteiger charge is -2.17. The average molecular weight is 278 g/mol. The van der Waals surface area contributed by atoms with Crippen molar-refractivity contribution in [3.8, 4) is 11.5 Å². The molecule has 0 N–H and O–H groups in total. The summed E-state index contributed by atoms with van der Waals surface area (Å²) in [5, 5.41) is 0. The number of carbonyl (C=O) groups excluding carboxylic acids is 1. The molecule has 0 aromatic heterocycles. The van der Waals surface area contributed by atoms with Crippen molar-refractivity contribution in [3.05, 3.63) is 23.8 Å². The minimum absolute atomic E-state index is 0.160. The van der Waals surface area contributed by atoms with Crippen LogP contribution in [-0.2, 0) is 0 Å².